The second kappa shape index (κ2) is 5.56. The van der Waals surface area contributed by atoms with Crippen LogP contribution in [0, 0.1) is 10.1 Å². The highest BCUT2D eigenvalue weighted by Crippen LogP contribution is 2.25. The van der Waals surface area contributed by atoms with E-state index in [4.69, 9.17) is 5.73 Å². The lowest BCUT2D eigenvalue weighted by atomic mass is 10.2. The van der Waals surface area contributed by atoms with Crippen molar-refractivity contribution < 1.29 is 18.1 Å². The molecule has 3 N–H and O–H groups in total. The van der Waals surface area contributed by atoms with E-state index in [9.17, 15) is 23.3 Å². The summed E-state index contributed by atoms with van der Waals surface area (Å²) in [6, 6.07) is 3.77. The van der Waals surface area contributed by atoms with Crippen LogP contribution in [0.2, 0.25) is 0 Å². The normalized spacial score (nSPS) is 11.3. The van der Waals surface area contributed by atoms with E-state index in [1.165, 1.54) is 12.1 Å². The second-order valence-corrected chi connectivity index (χ2v) is 3.67. The van der Waals surface area contributed by atoms with Gasteiger partial charge in [-0.2, -0.15) is 13.2 Å². The average Bonchev–Trinajstić information content (AvgIpc) is 2.24. The summed E-state index contributed by atoms with van der Waals surface area (Å²) in [5, 5.41) is 13.1. The predicted molar refractivity (Wildman–Crippen MR) is 61.3 cm³/mol. The van der Waals surface area contributed by atoms with Gasteiger partial charge in [0, 0.05) is 25.1 Å². The van der Waals surface area contributed by atoms with Gasteiger partial charge in [-0.15, -0.1) is 0 Å². The smallest absolute Gasteiger partial charge is 0.389 e. The number of hydrogen-bond acceptors (Lipinski definition) is 4. The number of hydrogen-bond donors (Lipinski definition) is 2. The topological polar surface area (TPSA) is 81.2 Å². The molecular weight excluding hydrogens is 251 g/mol. The minimum absolute atomic E-state index is 0.0834. The van der Waals surface area contributed by atoms with E-state index >= 15 is 0 Å². The Morgan fingerprint density at radius 2 is 2.06 bits per heavy atom. The molecule has 0 atom stereocenters. The molecule has 5 nitrogen and oxygen atoms in total. The average molecular weight is 263 g/mol. The Labute approximate surface area is 101 Å². The Balaban J connectivity index is 2.51. The molecule has 0 spiro atoms. The molecule has 0 amide bonds. The van der Waals surface area contributed by atoms with Crippen molar-refractivity contribution in [3.8, 4) is 0 Å². The van der Waals surface area contributed by atoms with Crippen molar-refractivity contribution in [2.45, 2.75) is 19.0 Å². The van der Waals surface area contributed by atoms with Gasteiger partial charge in [0.05, 0.1) is 16.3 Å². The van der Waals surface area contributed by atoms with Crippen LogP contribution >= 0.6 is 0 Å². The van der Waals surface area contributed by atoms with Gasteiger partial charge in [0.2, 0.25) is 0 Å². The van der Waals surface area contributed by atoms with E-state index in [1.807, 2.05) is 0 Å². The molecule has 1 aromatic rings. The summed E-state index contributed by atoms with van der Waals surface area (Å²) in [4.78, 5) is 9.85. The lowest BCUT2D eigenvalue weighted by molar-refractivity contribution is -0.384. The van der Waals surface area contributed by atoms with Gasteiger partial charge in [0.15, 0.2) is 0 Å². The summed E-state index contributed by atoms with van der Waals surface area (Å²) in [6.45, 7) is 0.0987. The molecule has 0 aromatic heterocycles. The molecule has 1 rings (SSSR count). The van der Waals surface area contributed by atoms with E-state index in [1.54, 1.807) is 0 Å². The maximum Gasteiger partial charge on any atom is 0.389 e. The van der Waals surface area contributed by atoms with Crippen molar-refractivity contribution in [1.82, 2.24) is 0 Å². The van der Waals surface area contributed by atoms with Gasteiger partial charge < -0.3 is 11.1 Å². The van der Waals surface area contributed by atoms with Crippen LogP contribution in [0.1, 0.15) is 12.8 Å². The fourth-order valence-electron chi connectivity index (χ4n) is 1.34. The number of alkyl halides is 3. The lowest BCUT2D eigenvalue weighted by Gasteiger charge is -2.10. The third-order valence-corrected chi connectivity index (χ3v) is 2.20. The Kier molecular flexibility index (Phi) is 4.35. The van der Waals surface area contributed by atoms with Crippen LogP contribution < -0.4 is 11.1 Å². The van der Waals surface area contributed by atoms with Crippen molar-refractivity contribution >= 4 is 17.1 Å². The predicted octanol–water partition coefficient (Wildman–Crippen LogP) is 2.93. The van der Waals surface area contributed by atoms with E-state index in [-0.39, 0.29) is 24.3 Å². The fraction of sp³-hybridized carbons (Fsp3) is 0.400. The maximum atomic E-state index is 11.9. The Hall–Kier alpha value is -1.99. The lowest BCUT2D eigenvalue weighted by Crippen LogP contribution is -2.11. The monoisotopic (exact) mass is 263 g/mol. The number of nitrogens with one attached hydrogen (secondary N) is 1. The van der Waals surface area contributed by atoms with Gasteiger partial charge in [-0.25, -0.2) is 0 Å². The molecule has 0 aliphatic carbocycles. The minimum atomic E-state index is -4.18. The van der Waals surface area contributed by atoms with Gasteiger partial charge in [-0.3, -0.25) is 10.1 Å². The summed E-state index contributed by atoms with van der Waals surface area (Å²) in [5.41, 5.74) is 5.91. The summed E-state index contributed by atoms with van der Waals surface area (Å²) < 4.78 is 35.6. The fourth-order valence-corrected chi connectivity index (χ4v) is 1.34. The van der Waals surface area contributed by atoms with E-state index in [0.29, 0.717) is 5.69 Å². The van der Waals surface area contributed by atoms with Crippen LogP contribution in [0.15, 0.2) is 18.2 Å². The van der Waals surface area contributed by atoms with Gasteiger partial charge in [0.25, 0.3) is 5.69 Å². The molecule has 0 saturated carbocycles. The highest BCUT2D eigenvalue weighted by Gasteiger charge is 2.25. The number of anilines is 2. The third-order valence-electron chi connectivity index (χ3n) is 2.20. The zero-order valence-electron chi connectivity index (χ0n) is 9.33. The van der Waals surface area contributed by atoms with Crippen LogP contribution in [0.3, 0.4) is 0 Å². The Morgan fingerprint density at radius 1 is 1.39 bits per heavy atom. The number of nitrogens with two attached hydrogens (primary N) is 1. The number of nitro groups is 1. The molecule has 0 saturated heterocycles. The minimum Gasteiger partial charge on any atom is -0.397 e. The molecular formula is C10H12F3N3O2. The molecule has 0 aliphatic heterocycles. The summed E-state index contributed by atoms with van der Waals surface area (Å²) >= 11 is 0. The first kappa shape index (κ1) is 14.1. The first-order valence-electron chi connectivity index (χ1n) is 5.14. The third kappa shape index (κ3) is 4.48. The molecule has 0 heterocycles. The SMILES string of the molecule is Nc1cc([N+](=O)[O-])ccc1NCCCC(F)(F)F. The molecule has 0 bridgehead atoms. The maximum absolute atomic E-state index is 11.9. The molecule has 0 fully saturated rings. The Bertz CT molecular complexity index is 435. The number of halogens is 3. The van der Waals surface area contributed by atoms with Crippen molar-refractivity contribution in [2.24, 2.45) is 0 Å². The molecule has 0 radical (unpaired) electrons. The standard InChI is InChI=1S/C10H12F3N3O2/c11-10(12,13)4-1-5-15-9-3-2-7(16(17)18)6-8(9)14/h2-3,6,15H,1,4-5,14H2. The summed E-state index contributed by atoms with van der Waals surface area (Å²) in [7, 11) is 0. The highest BCUT2D eigenvalue weighted by atomic mass is 19.4. The van der Waals surface area contributed by atoms with Gasteiger partial charge in [-0.1, -0.05) is 0 Å². The van der Waals surface area contributed by atoms with Crippen molar-refractivity contribution in [2.75, 3.05) is 17.6 Å². The van der Waals surface area contributed by atoms with Crippen LogP contribution in [0.4, 0.5) is 30.2 Å². The largest absolute Gasteiger partial charge is 0.397 e. The van der Waals surface area contributed by atoms with Gasteiger partial charge >= 0.3 is 6.18 Å². The molecule has 8 heteroatoms. The molecule has 18 heavy (non-hydrogen) atoms. The van der Waals surface area contributed by atoms with Crippen LogP contribution in [-0.2, 0) is 0 Å². The zero-order chi connectivity index (χ0) is 13.8. The highest BCUT2D eigenvalue weighted by molar-refractivity contribution is 5.69. The molecule has 1 aromatic carbocycles. The molecule has 100 valence electrons. The number of nitrogen functional groups attached to an aromatic ring is 1. The number of nitrogens with zero attached hydrogens (tertiary/aromatic N) is 1. The van der Waals surface area contributed by atoms with Crippen LogP contribution in [0.25, 0.3) is 0 Å². The van der Waals surface area contributed by atoms with Crippen LogP contribution in [-0.4, -0.2) is 17.6 Å². The van der Waals surface area contributed by atoms with Crippen LogP contribution in [0.5, 0.6) is 0 Å². The molecule has 0 unspecified atom stereocenters. The first-order chi connectivity index (χ1) is 8.29. The van der Waals surface area contributed by atoms with E-state index < -0.39 is 17.5 Å². The Morgan fingerprint density at radius 3 is 2.56 bits per heavy atom. The quantitative estimate of drug-likeness (QED) is 0.370. The number of nitro benzene ring substituents is 1. The number of non-ortho nitro benzene ring substituents is 1. The first-order valence-corrected chi connectivity index (χ1v) is 5.14. The number of rotatable bonds is 5. The van der Waals surface area contributed by atoms with Crippen molar-refractivity contribution in [1.29, 1.82) is 0 Å². The van der Waals surface area contributed by atoms with Crippen molar-refractivity contribution in [3.63, 3.8) is 0 Å². The second-order valence-electron chi connectivity index (χ2n) is 3.67. The van der Waals surface area contributed by atoms with E-state index in [2.05, 4.69) is 5.32 Å². The van der Waals surface area contributed by atoms with Gasteiger partial charge in [-0.05, 0) is 12.5 Å². The molecule has 0 aliphatic rings. The zero-order valence-corrected chi connectivity index (χ0v) is 9.33. The summed E-state index contributed by atoms with van der Waals surface area (Å²) in [5.74, 6) is 0. The summed E-state index contributed by atoms with van der Waals surface area (Å²) in [6.07, 6.45) is -5.14. The number of benzene rings is 1. The van der Waals surface area contributed by atoms with E-state index in [0.717, 1.165) is 6.07 Å². The van der Waals surface area contributed by atoms with Crippen molar-refractivity contribution in [3.05, 3.63) is 28.3 Å². The van der Waals surface area contributed by atoms with Gasteiger partial charge in [0.1, 0.15) is 0 Å².